The number of ether oxygens (including phenoxy) is 2. The highest BCUT2D eigenvalue weighted by Gasteiger charge is 2.57. The lowest BCUT2D eigenvalue weighted by atomic mass is 9.78. The van der Waals surface area contributed by atoms with Crippen LogP contribution in [-0.4, -0.2) is 29.6 Å². The number of ketones is 1. The van der Waals surface area contributed by atoms with E-state index in [2.05, 4.69) is 5.32 Å². The van der Waals surface area contributed by atoms with Gasteiger partial charge in [-0.25, -0.2) is 0 Å². The molecule has 1 amide bonds. The number of anilines is 1. The summed E-state index contributed by atoms with van der Waals surface area (Å²) in [5.41, 5.74) is 2.86. The van der Waals surface area contributed by atoms with Crippen molar-refractivity contribution >= 4 is 23.3 Å². The van der Waals surface area contributed by atoms with E-state index in [9.17, 15) is 19.5 Å². The van der Waals surface area contributed by atoms with Gasteiger partial charge in [0.1, 0.15) is 0 Å². The molecule has 2 bridgehead atoms. The Kier molecular flexibility index (Phi) is 4.40. The number of carboxylic acid groups (broad SMARTS) is 1. The number of hydrogen-bond donors (Lipinski definition) is 2. The molecule has 0 saturated heterocycles. The van der Waals surface area contributed by atoms with E-state index in [1.807, 2.05) is 13.8 Å². The standard InChI is InChI=1S/C21H23NO6/c1-9(2)17-11-4-5-12(17)19(21(25)26)18(11)20(24)22-14-7-16-15(27-8-28-16)6-13(14)10(3)23/h6-7,11-12,18-19H,4-5,8H2,1-3H3,(H,22,24)(H,25,26)/t11-,12-,18-,19+/m1/s1. The Morgan fingerprint density at radius 2 is 1.61 bits per heavy atom. The molecule has 1 heterocycles. The van der Waals surface area contributed by atoms with E-state index >= 15 is 0 Å². The minimum atomic E-state index is -0.941. The Morgan fingerprint density at radius 1 is 1.00 bits per heavy atom. The molecule has 1 aromatic rings. The van der Waals surface area contributed by atoms with Crippen LogP contribution < -0.4 is 14.8 Å². The van der Waals surface area contributed by atoms with Crippen molar-refractivity contribution in [3.8, 4) is 11.5 Å². The Labute approximate surface area is 162 Å². The third-order valence-corrected chi connectivity index (χ3v) is 6.16. The van der Waals surface area contributed by atoms with E-state index in [1.165, 1.54) is 6.92 Å². The molecule has 7 heteroatoms. The van der Waals surface area contributed by atoms with E-state index < -0.39 is 17.8 Å². The summed E-state index contributed by atoms with van der Waals surface area (Å²) < 4.78 is 10.7. The highest BCUT2D eigenvalue weighted by atomic mass is 16.7. The maximum atomic E-state index is 13.2. The zero-order valence-corrected chi connectivity index (χ0v) is 16.1. The first kappa shape index (κ1) is 18.5. The molecule has 7 nitrogen and oxygen atoms in total. The summed E-state index contributed by atoms with van der Waals surface area (Å²) in [4.78, 5) is 37.2. The maximum absolute atomic E-state index is 13.2. The highest BCUT2D eigenvalue weighted by Crippen LogP contribution is 2.57. The minimum absolute atomic E-state index is 0.0570. The smallest absolute Gasteiger partial charge is 0.307 e. The fourth-order valence-electron chi connectivity index (χ4n) is 5.16. The average Bonchev–Trinajstić information content (AvgIpc) is 3.32. The van der Waals surface area contributed by atoms with Crippen molar-refractivity contribution in [1.82, 2.24) is 0 Å². The van der Waals surface area contributed by atoms with Gasteiger partial charge in [-0.3, -0.25) is 14.4 Å². The van der Waals surface area contributed by atoms with Gasteiger partial charge in [-0.15, -0.1) is 0 Å². The van der Waals surface area contributed by atoms with E-state index in [-0.39, 0.29) is 30.3 Å². The monoisotopic (exact) mass is 385 g/mol. The molecule has 4 atom stereocenters. The lowest BCUT2D eigenvalue weighted by molar-refractivity contribution is -0.148. The normalized spacial score (nSPS) is 27.0. The maximum Gasteiger partial charge on any atom is 0.307 e. The summed E-state index contributed by atoms with van der Waals surface area (Å²) in [6, 6.07) is 3.12. The Bertz CT molecular complexity index is 914. The molecule has 0 spiro atoms. The van der Waals surface area contributed by atoms with Crippen LogP contribution >= 0.6 is 0 Å². The number of fused-ring (bicyclic) bond motifs is 3. The summed E-state index contributed by atoms with van der Waals surface area (Å²) in [5.74, 6) is -2.15. The number of carbonyl (C=O) groups is 3. The minimum Gasteiger partial charge on any atom is -0.481 e. The number of benzene rings is 1. The fourth-order valence-corrected chi connectivity index (χ4v) is 5.16. The van der Waals surface area contributed by atoms with Crippen LogP contribution in [0.25, 0.3) is 0 Å². The second-order valence-electron chi connectivity index (χ2n) is 7.93. The number of aliphatic carboxylic acids is 1. The van der Waals surface area contributed by atoms with E-state index in [4.69, 9.17) is 9.47 Å². The molecule has 148 valence electrons. The van der Waals surface area contributed by atoms with Gasteiger partial charge in [-0.2, -0.15) is 0 Å². The molecule has 2 aliphatic carbocycles. The van der Waals surface area contributed by atoms with Gasteiger partial charge in [0.15, 0.2) is 17.3 Å². The molecule has 2 saturated carbocycles. The fraction of sp³-hybridized carbons (Fsp3) is 0.476. The number of rotatable bonds is 4. The number of amides is 1. The summed E-state index contributed by atoms with van der Waals surface area (Å²) >= 11 is 0. The molecular formula is C21H23NO6. The molecule has 3 aliphatic rings. The van der Waals surface area contributed by atoms with Crippen molar-refractivity contribution in [1.29, 1.82) is 0 Å². The first-order chi connectivity index (χ1) is 13.3. The van der Waals surface area contributed by atoms with Crippen LogP contribution in [0.2, 0.25) is 0 Å². The van der Waals surface area contributed by atoms with Crippen molar-refractivity contribution in [3.05, 3.63) is 28.8 Å². The summed E-state index contributed by atoms with van der Waals surface area (Å²) in [7, 11) is 0. The van der Waals surface area contributed by atoms with Crippen LogP contribution in [0.15, 0.2) is 23.3 Å². The molecule has 2 fully saturated rings. The summed E-state index contributed by atoms with van der Waals surface area (Å²) in [5, 5.41) is 12.6. The zero-order valence-electron chi connectivity index (χ0n) is 16.1. The molecule has 2 N–H and O–H groups in total. The van der Waals surface area contributed by atoms with Crippen LogP contribution in [0, 0.1) is 23.7 Å². The average molecular weight is 385 g/mol. The number of allylic oxidation sites excluding steroid dienone is 2. The van der Waals surface area contributed by atoms with Crippen LogP contribution in [0.4, 0.5) is 5.69 Å². The first-order valence-corrected chi connectivity index (χ1v) is 9.45. The van der Waals surface area contributed by atoms with E-state index in [0.29, 0.717) is 22.7 Å². The van der Waals surface area contributed by atoms with Crippen molar-refractivity contribution < 1.29 is 29.0 Å². The molecular weight excluding hydrogens is 362 g/mol. The molecule has 0 unspecified atom stereocenters. The summed E-state index contributed by atoms with van der Waals surface area (Å²) in [6.07, 6.45) is 1.61. The van der Waals surface area contributed by atoms with Gasteiger partial charge in [0.2, 0.25) is 12.7 Å². The number of Topliss-reactive ketones (excluding diaryl/α,β-unsaturated/α-hetero) is 1. The largest absolute Gasteiger partial charge is 0.481 e. The van der Waals surface area contributed by atoms with Gasteiger partial charge in [-0.05, 0) is 51.5 Å². The topological polar surface area (TPSA) is 102 Å². The first-order valence-electron chi connectivity index (χ1n) is 9.45. The Balaban J connectivity index is 1.68. The van der Waals surface area contributed by atoms with Gasteiger partial charge >= 0.3 is 5.97 Å². The highest BCUT2D eigenvalue weighted by molar-refractivity contribution is 6.06. The lowest BCUT2D eigenvalue weighted by Gasteiger charge is -2.26. The van der Waals surface area contributed by atoms with Crippen molar-refractivity contribution in [2.75, 3.05) is 12.1 Å². The number of hydrogen-bond acceptors (Lipinski definition) is 5. The molecule has 4 rings (SSSR count). The number of nitrogens with one attached hydrogen (secondary N) is 1. The summed E-state index contributed by atoms with van der Waals surface area (Å²) in [6.45, 7) is 5.42. The number of carboxylic acids is 1. The van der Waals surface area contributed by atoms with E-state index in [0.717, 1.165) is 24.0 Å². The van der Waals surface area contributed by atoms with Crippen molar-refractivity contribution in [3.63, 3.8) is 0 Å². The van der Waals surface area contributed by atoms with E-state index in [1.54, 1.807) is 12.1 Å². The van der Waals surface area contributed by atoms with Crippen LogP contribution in [0.3, 0.4) is 0 Å². The SMILES string of the molecule is CC(=O)c1cc2c(cc1NC(=O)[C@H]1[C@@H](C(=O)O)[C@@H]3CC[C@@H]1C3=C(C)C)OCO2. The molecule has 28 heavy (non-hydrogen) atoms. The zero-order chi connectivity index (χ0) is 20.2. The second-order valence-corrected chi connectivity index (χ2v) is 7.93. The number of carbonyl (C=O) groups excluding carboxylic acids is 2. The second kappa shape index (κ2) is 6.65. The predicted molar refractivity (Wildman–Crippen MR) is 100 cm³/mol. The molecule has 0 aromatic heterocycles. The third-order valence-electron chi connectivity index (χ3n) is 6.16. The molecule has 0 radical (unpaired) electrons. The lowest BCUT2D eigenvalue weighted by Crippen LogP contribution is -2.38. The van der Waals surface area contributed by atoms with Gasteiger partial charge < -0.3 is 19.9 Å². The van der Waals surface area contributed by atoms with Crippen molar-refractivity contribution in [2.45, 2.75) is 33.6 Å². The Morgan fingerprint density at radius 3 is 2.18 bits per heavy atom. The Hall–Kier alpha value is -2.83. The van der Waals surface area contributed by atoms with Gasteiger partial charge in [0.25, 0.3) is 0 Å². The van der Waals surface area contributed by atoms with Gasteiger partial charge in [0.05, 0.1) is 17.5 Å². The van der Waals surface area contributed by atoms with Gasteiger partial charge in [-0.1, -0.05) is 11.1 Å². The third kappa shape index (κ3) is 2.77. The molecule has 1 aliphatic heterocycles. The van der Waals surface area contributed by atoms with Crippen LogP contribution in [0.5, 0.6) is 11.5 Å². The van der Waals surface area contributed by atoms with Crippen LogP contribution in [0.1, 0.15) is 44.0 Å². The quantitative estimate of drug-likeness (QED) is 0.609. The predicted octanol–water partition coefficient (Wildman–Crippen LogP) is 3.25. The van der Waals surface area contributed by atoms with Crippen molar-refractivity contribution in [2.24, 2.45) is 23.7 Å². The van der Waals surface area contributed by atoms with Crippen LogP contribution in [-0.2, 0) is 9.59 Å². The van der Waals surface area contributed by atoms with Gasteiger partial charge in [0, 0.05) is 11.6 Å². The molecule has 1 aromatic carbocycles.